The highest BCUT2D eigenvalue weighted by atomic mass is 16.5. The quantitative estimate of drug-likeness (QED) is 0.112. The minimum absolute atomic E-state index is 0.169. The fourth-order valence-corrected chi connectivity index (χ4v) is 3.37. The number of ether oxygens (including phenoxy) is 2. The zero-order valence-corrected chi connectivity index (χ0v) is 19.5. The Morgan fingerprint density at radius 3 is 1.50 bits per heavy atom. The average molecular weight is 455 g/mol. The minimum atomic E-state index is 0.169. The normalized spacial score (nSPS) is 19.3. The third-order valence-electron chi connectivity index (χ3n) is 5.18. The second-order valence-corrected chi connectivity index (χ2v) is 7.88. The van der Waals surface area contributed by atoms with E-state index in [0.29, 0.717) is 38.1 Å². The number of rotatable bonds is 12. The van der Waals surface area contributed by atoms with Crippen LogP contribution >= 0.6 is 0 Å². The Hall–Kier alpha value is -2.60. The first kappa shape index (κ1) is 27.4. The van der Waals surface area contributed by atoms with Crippen molar-refractivity contribution in [2.24, 2.45) is 33.3 Å². The molecule has 0 unspecified atom stereocenters. The van der Waals surface area contributed by atoms with E-state index in [2.05, 4.69) is 31.3 Å². The van der Waals surface area contributed by atoms with E-state index in [1.807, 2.05) is 0 Å². The summed E-state index contributed by atoms with van der Waals surface area (Å²) in [6.07, 6.45) is 5.91. The van der Waals surface area contributed by atoms with Crippen LogP contribution in [0.2, 0.25) is 0 Å². The first-order chi connectivity index (χ1) is 15.4. The van der Waals surface area contributed by atoms with Gasteiger partial charge in [0.25, 0.3) is 0 Å². The van der Waals surface area contributed by atoms with E-state index >= 15 is 0 Å². The molecule has 0 atom stereocenters. The van der Waals surface area contributed by atoms with Gasteiger partial charge in [-0.1, -0.05) is 0 Å². The largest absolute Gasteiger partial charge is 0.385 e. The molecular formula is C20H42N10O2. The smallest absolute Gasteiger partial charge is 0.195 e. The SMILES string of the molecule is COCCCN=C(N)NC(=N)NCC1CCC(CNC(=N)NC(N)=NCCCOC)CC1. The number of guanidine groups is 4. The highest BCUT2D eigenvalue weighted by molar-refractivity contribution is 5.96. The van der Waals surface area contributed by atoms with Crippen molar-refractivity contribution in [2.45, 2.75) is 38.5 Å². The van der Waals surface area contributed by atoms with Crippen molar-refractivity contribution in [3.05, 3.63) is 0 Å². The molecule has 0 saturated heterocycles. The lowest BCUT2D eigenvalue weighted by Gasteiger charge is -2.29. The second-order valence-electron chi connectivity index (χ2n) is 7.88. The van der Waals surface area contributed by atoms with Crippen LogP contribution in [-0.2, 0) is 9.47 Å². The summed E-state index contributed by atoms with van der Waals surface area (Å²) in [5.74, 6) is 1.85. The van der Waals surface area contributed by atoms with Gasteiger partial charge in [0.05, 0.1) is 0 Å². The van der Waals surface area contributed by atoms with E-state index < -0.39 is 0 Å². The highest BCUT2D eigenvalue weighted by Gasteiger charge is 2.21. The van der Waals surface area contributed by atoms with Crippen LogP contribution < -0.4 is 32.7 Å². The monoisotopic (exact) mass is 454 g/mol. The van der Waals surface area contributed by atoms with Crippen LogP contribution in [0.15, 0.2) is 9.98 Å². The Morgan fingerprint density at radius 1 is 0.781 bits per heavy atom. The molecule has 0 aromatic carbocycles. The summed E-state index contributed by atoms with van der Waals surface area (Å²) in [6.45, 7) is 3.88. The number of aliphatic imine (C=N–C) groups is 2. The Morgan fingerprint density at radius 2 is 1.16 bits per heavy atom. The summed E-state index contributed by atoms with van der Waals surface area (Å²) >= 11 is 0. The van der Waals surface area contributed by atoms with Gasteiger partial charge in [-0.2, -0.15) is 0 Å². The highest BCUT2D eigenvalue weighted by Crippen LogP contribution is 2.27. The van der Waals surface area contributed by atoms with Gasteiger partial charge in [0, 0.05) is 53.6 Å². The molecular weight excluding hydrogens is 412 g/mol. The third kappa shape index (κ3) is 13.7. The third-order valence-corrected chi connectivity index (χ3v) is 5.18. The number of nitrogens with zero attached hydrogens (tertiary/aromatic N) is 2. The molecule has 10 N–H and O–H groups in total. The molecule has 0 aliphatic heterocycles. The summed E-state index contributed by atoms with van der Waals surface area (Å²) in [4.78, 5) is 8.31. The topological polar surface area (TPSA) is 191 Å². The molecule has 1 saturated carbocycles. The van der Waals surface area contributed by atoms with E-state index in [0.717, 1.165) is 51.6 Å². The Labute approximate surface area is 191 Å². The fraction of sp³-hybridized carbons (Fsp3) is 0.800. The van der Waals surface area contributed by atoms with Crippen molar-refractivity contribution in [2.75, 3.05) is 53.6 Å². The predicted molar refractivity (Wildman–Crippen MR) is 129 cm³/mol. The van der Waals surface area contributed by atoms with E-state index in [9.17, 15) is 0 Å². The maximum Gasteiger partial charge on any atom is 0.195 e. The summed E-state index contributed by atoms with van der Waals surface area (Å²) in [5.41, 5.74) is 11.6. The van der Waals surface area contributed by atoms with Crippen molar-refractivity contribution in [3.63, 3.8) is 0 Å². The summed E-state index contributed by atoms with van der Waals surface area (Å²) in [5, 5.41) is 27.6. The molecule has 1 aliphatic carbocycles. The molecule has 0 aromatic rings. The van der Waals surface area contributed by atoms with Crippen molar-refractivity contribution in [1.82, 2.24) is 21.3 Å². The minimum Gasteiger partial charge on any atom is -0.385 e. The van der Waals surface area contributed by atoms with Gasteiger partial charge in [-0.05, 0) is 50.4 Å². The van der Waals surface area contributed by atoms with Crippen molar-refractivity contribution in [3.8, 4) is 0 Å². The molecule has 0 spiro atoms. The molecule has 0 radical (unpaired) electrons. The van der Waals surface area contributed by atoms with Crippen LogP contribution in [0.1, 0.15) is 38.5 Å². The molecule has 1 aliphatic rings. The first-order valence-electron chi connectivity index (χ1n) is 11.2. The van der Waals surface area contributed by atoms with E-state index in [1.54, 1.807) is 14.2 Å². The van der Waals surface area contributed by atoms with Gasteiger partial charge >= 0.3 is 0 Å². The van der Waals surface area contributed by atoms with Crippen LogP contribution in [0.5, 0.6) is 0 Å². The number of hydrogen-bond acceptors (Lipinski definition) is 6. The summed E-state index contributed by atoms with van der Waals surface area (Å²) in [7, 11) is 3.30. The molecule has 32 heavy (non-hydrogen) atoms. The first-order valence-corrected chi connectivity index (χ1v) is 11.2. The number of nitrogens with two attached hydrogens (primary N) is 2. The van der Waals surface area contributed by atoms with Crippen LogP contribution in [0.25, 0.3) is 0 Å². The zero-order valence-electron chi connectivity index (χ0n) is 19.5. The molecule has 0 aromatic heterocycles. The van der Waals surface area contributed by atoms with E-state index in [-0.39, 0.29) is 23.8 Å². The van der Waals surface area contributed by atoms with Gasteiger partial charge in [-0.3, -0.25) is 31.4 Å². The molecule has 1 fully saturated rings. The molecule has 0 heterocycles. The van der Waals surface area contributed by atoms with E-state index in [1.165, 1.54) is 0 Å². The van der Waals surface area contributed by atoms with Crippen LogP contribution in [0.4, 0.5) is 0 Å². The maximum absolute atomic E-state index is 7.95. The molecule has 0 bridgehead atoms. The van der Waals surface area contributed by atoms with Crippen LogP contribution in [-0.4, -0.2) is 77.5 Å². The molecule has 12 heteroatoms. The molecule has 184 valence electrons. The van der Waals surface area contributed by atoms with Crippen molar-refractivity contribution >= 4 is 23.8 Å². The maximum atomic E-state index is 7.95. The van der Waals surface area contributed by atoms with Crippen LogP contribution in [0.3, 0.4) is 0 Å². The van der Waals surface area contributed by atoms with E-state index in [4.69, 9.17) is 31.8 Å². The molecule has 0 amide bonds. The Bertz CT molecular complexity index is 551. The molecule has 12 nitrogen and oxygen atoms in total. The lowest BCUT2D eigenvalue weighted by atomic mass is 9.82. The number of methoxy groups -OCH3 is 2. The predicted octanol–water partition coefficient (Wildman–Crippen LogP) is -0.277. The van der Waals surface area contributed by atoms with Gasteiger partial charge in [-0.15, -0.1) is 0 Å². The standard InChI is InChI=1S/C20H42N10O2/c1-31-11-3-9-25-17(21)29-19(23)27-13-15-5-7-16(8-6-15)14-28-20(24)30-18(22)26-10-4-12-32-2/h15-16H,3-14H2,1-2H3,(H5,21,23,25,27,29)(H5,22,24,26,28,30). The number of hydrogen-bond donors (Lipinski definition) is 8. The second kappa shape index (κ2) is 17.0. The lowest BCUT2D eigenvalue weighted by molar-refractivity contribution is 0.197. The summed E-state index contributed by atoms with van der Waals surface area (Å²) < 4.78 is 9.93. The number of nitrogens with one attached hydrogen (secondary N) is 6. The molecule has 1 rings (SSSR count). The van der Waals surface area contributed by atoms with Gasteiger partial charge in [0.15, 0.2) is 23.8 Å². The van der Waals surface area contributed by atoms with Crippen molar-refractivity contribution < 1.29 is 9.47 Å². The van der Waals surface area contributed by atoms with Gasteiger partial charge in [0.2, 0.25) is 0 Å². The van der Waals surface area contributed by atoms with Crippen molar-refractivity contribution in [1.29, 1.82) is 10.8 Å². The Kier molecular flexibility index (Phi) is 14.6. The zero-order chi connectivity index (χ0) is 23.6. The lowest BCUT2D eigenvalue weighted by Crippen LogP contribution is -2.46. The van der Waals surface area contributed by atoms with Gasteiger partial charge in [-0.25, -0.2) is 0 Å². The average Bonchev–Trinajstić information content (AvgIpc) is 2.77. The Balaban J connectivity index is 2.15. The summed E-state index contributed by atoms with van der Waals surface area (Å²) in [6, 6.07) is 0. The van der Waals surface area contributed by atoms with Gasteiger partial charge in [0.1, 0.15) is 0 Å². The van der Waals surface area contributed by atoms with Gasteiger partial charge < -0.3 is 31.6 Å². The fourth-order valence-electron chi connectivity index (χ4n) is 3.37. The van der Waals surface area contributed by atoms with Crippen LogP contribution in [0, 0.1) is 22.7 Å².